The Labute approximate surface area is 107 Å². The standard InChI is InChI=1S/C12H20N6/c1-2-17-8-11(7-14-17)9-18-10-12(15-16-18)5-3-4-6-13/h7-8,10H,2-6,9,13H2,1H3. The van der Waals surface area contributed by atoms with Crippen LogP contribution in [0.15, 0.2) is 18.6 Å². The van der Waals surface area contributed by atoms with Crippen molar-refractivity contribution in [3.05, 3.63) is 29.8 Å². The first kappa shape index (κ1) is 12.8. The van der Waals surface area contributed by atoms with Crippen LogP contribution in [0.1, 0.15) is 31.0 Å². The normalized spacial score (nSPS) is 11.0. The van der Waals surface area contributed by atoms with E-state index in [1.165, 1.54) is 0 Å². The van der Waals surface area contributed by atoms with Gasteiger partial charge in [-0.2, -0.15) is 5.10 Å². The summed E-state index contributed by atoms with van der Waals surface area (Å²) in [5, 5.41) is 12.5. The second kappa shape index (κ2) is 6.30. The van der Waals surface area contributed by atoms with Gasteiger partial charge in [-0.05, 0) is 32.7 Å². The minimum absolute atomic E-state index is 0.726. The lowest BCUT2D eigenvalue weighted by Gasteiger charge is -1.96. The molecule has 2 rings (SSSR count). The first-order valence-electron chi connectivity index (χ1n) is 6.42. The monoisotopic (exact) mass is 248 g/mol. The van der Waals surface area contributed by atoms with Crippen molar-refractivity contribution in [1.82, 2.24) is 24.8 Å². The summed E-state index contributed by atoms with van der Waals surface area (Å²) >= 11 is 0. The van der Waals surface area contributed by atoms with Crippen LogP contribution in [0.3, 0.4) is 0 Å². The van der Waals surface area contributed by atoms with Gasteiger partial charge in [-0.1, -0.05) is 5.21 Å². The zero-order valence-electron chi connectivity index (χ0n) is 10.8. The molecule has 0 bridgehead atoms. The molecule has 18 heavy (non-hydrogen) atoms. The third-order valence-electron chi connectivity index (χ3n) is 2.83. The summed E-state index contributed by atoms with van der Waals surface area (Å²) < 4.78 is 3.77. The lowest BCUT2D eigenvalue weighted by Crippen LogP contribution is -2.00. The molecule has 6 nitrogen and oxygen atoms in total. The molecule has 2 aromatic rings. The molecule has 2 N–H and O–H groups in total. The molecule has 0 aliphatic rings. The highest BCUT2D eigenvalue weighted by atomic mass is 15.4. The van der Waals surface area contributed by atoms with Crippen LogP contribution in [0.25, 0.3) is 0 Å². The van der Waals surface area contributed by atoms with E-state index in [1.54, 1.807) is 0 Å². The van der Waals surface area contributed by atoms with E-state index in [2.05, 4.69) is 22.3 Å². The lowest BCUT2D eigenvalue weighted by atomic mass is 10.2. The summed E-state index contributed by atoms with van der Waals surface area (Å²) in [6.07, 6.45) is 8.97. The van der Waals surface area contributed by atoms with Gasteiger partial charge in [0.25, 0.3) is 0 Å². The summed E-state index contributed by atoms with van der Waals surface area (Å²) in [6, 6.07) is 0. The molecular formula is C12H20N6. The van der Waals surface area contributed by atoms with Crippen molar-refractivity contribution in [3.63, 3.8) is 0 Å². The summed E-state index contributed by atoms with van der Waals surface area (Å²) in [7, 11) is 0. The van der Waals surface area contributed by atoms with Gasteiger partial charge >= 0.3 is 0 Å². The number of rotatable bonds is 7. The Morgan fingerprint density at radius 2 is 2.11 bits per heavy atom. The van der Waals surface area contributed by atoms with Crippen molar-refractivity contribution in [2.24, 2.45) is 5.73 Å². The van der Waals surface area contributed by atoms with Gasteiger partial charge in [0.1, 0.15) is 0 Å². The van der Waals surface area contributed by atoms with Gasteiger partial charge < -0.3 is 5.73 Å². The van der Waals surface area contributed by atoms with Crippen LogP contribution in [0.5, 0.6) is 0 Å². The Morgan fingerprint density at radius 1 is 1.22 bits per heavy atom. The van der Waals surface area contributed by atoms with Crippen molar-refractivity contribution >= 4 is 0 Å². The molecule has 2 aromatic heterocycles. The van der Waals surface area contributed by atoms with Gasteiger partial charge in [0.15, 0.2) is 0 Å². The summed E-state index contributed by atoms with van der Waals surface area (Å²) in [6.45, 7) is 4.43. The zero-order valence-corrected chi connectivity index (χ0v) is 10.8. The van der Waals surface area contributed by atoms with E-state index in [4.69, 9.17) is 5.73 Å². The average molecular weight is 248 g/mol. The molecular weight excluding hydrogens is 228 g/mol. The topological polar surface area (TPSA) is 74.5 Å². The average Bonchev–Trinajstić information content (AvgIpc) is 3.00. The van der Waals surface area contributed by atoms with Crippen LogP contribution in [-0.2, 0) is 19.5 Å². The molecule has 0 saturated heterocycles. The van der Waals surface area contributed by atoms with Crippen molar-refractivity contribution in [1.29, 1.82) is 0 Å². The third kappa shape index (κ3) is 3.40. The molecule has 0 saturated carbocycles. The first-order chi connectivity index (χ1) is 8.81. The van der Waals surface area contributed by atoms with E-state index < -0.39 is 0 Å². The quantitative estimate of drug-likeness (QED) is 0.736. The molecule has 0 aromatic carbocycles. The number of unbranched alkanes of at least 4 members (excludes halogenated alkanes) is 1. The van der Waals surface area contributed by atoms with Gasteiger partial charge in [-0.25, -0.2) is 4.68 Å². The molecule has 0 radical (unpaired) electrons. The molecule has 0 aliphatic heterocycles. The van der Waals surface area contributed by atoms with E-state index in [1.807, 2.05) is 28.0 Å². The van der Waals surface area contributed by atoms with Crippen LogP contribution in [0, 0.1) is 0 Å². The van der Waals surface area contributed by atoms with Crippen molar-refractivity contribution in [2.45, 2.75) is 39.3 Å². The fraction of sp³-hybridized carbons (Fsp3) is 0.583. The van der Waals surface area contributed by atoms with Crippen LogP contribution in [0.4, 0.5) is 0 Å². The van der Waals surface area contributed by atoms with Gasteiger partial charge in [0, 0.05) is 24.5 Å². The molecule has 0 aliphatic carbocycles. The largest absolute Gasteiger partial charge is 0.330 e. The van der Waals surface area contributed by atoms with Crippen molar-refractivity contribution in [2.75, 3.05) is 6.54 Å². The Balaban J connectivity index is 1.89. The third-order valence-corrected chi connectivity index (χ3v) is 2.83. The van der Waals surface area contributed by atoms with Crippen molar-refractivity contribution in [3.8, 4) is 0 Å². The number of aryl methyl sites for hydroxylation is 2. The predicted molar refractivity (Wildman–Crippen MR) is 69.0 cm³/mol. The number of hydrogen-bond donors (Lipinski definition) is 1. The van der Waals surface area contributed by atoms with E-state index in [-0.39, 0.29) is 0 Å². The minimum atomic E-state index is 0.726. The van der Waals surface area contributed by atoms with Gasteiger partial charge in [-0.15, -0.1) is 5.10 Å². The van der Waals surface area contributed by atoms with Gasteiger partial charge in [0.05, 0.1) is 18.4 Å². The highest BCUT2D eigenvalue weighted by molar-refractivity contribution is 5.05. The fourth-order valence-corrected chi connectivity index (χ4v) is 1.83. The molecule has 0 spiro atoms. The summed E-state index contributed by atoms with van der Waals surface area (Å²) in [4.78, 5) is 0. The number of hydrogen-bond acceptors (Lipinski definition) is 4. The Hall–Kier alpha value is -1.69. The van der Waals surface area contributed by atoms with E-state index in [0.29, 0.717) is 0 Å². The number of nitrogens with two attached hydrogens (primary N) is 1. The molecule has 0 amide bonds. The summed E-state index contributed by atoms with van der Waals surface area (Å²) in [5.41, 5.74) is 7.65. The van der Waals surface area contributed by atoms with E-state index in [9.17, 15) is 0 Å². The Morgan fingerprint density at radius 3 is 2.83 bits per heavy atom. The highest BCUT2D eigenvalue weighted by Gasteiger charge is 2.03. The number of aromatic nitrogens is 5. The molecule has 0 fully saturated rings. The van der Waals surface area contributed by atoms with Gasteiger partial charge in [-0.3, -0.25) is 4.68 Å². The SMILES string of the molecule is CCn1cc(Cn2cc(CCCCN)nn2)cn1. The predicted octanol–water partition coefficient (Wildman–Crippen LogP) is 0.824. The van der Waals surface area contributed by atoms with E-state index >= 15 is 0 Å². The zero-order chi connectivity index (χ0) is 12.8. The number of nitrogens with zero attached hydrogens (tertiary/aromatic N) is 5. The Bertz CT molecular complexity index is 472. The summed E-state index contributed by atoms with van der Waals surface area (Å²) in [5.74, 6) is 0. The lowest BCUT2D eigenvalue weighted by molar-refractivity contribution is 0.641. The maximum absolute atomic E-state index is 5.47. The maximum Gasteiger partial charge on any atom is 0.0827 e. The second-order valence-electron chi connectivity index (χ2n) is 4.36. The molecule has 98 valence electrons. The smallest absolute Gasteiger partial charge is 0.0827 e. The van der Waals surface area contributed by atoms with Gasteiger partial charge in [0.2, 0.25) is 0 Å². The van der Waals surface area contributed by atoms with E-state index in [0.717, 1.165) is 50.2 Å². The highest BCUT2D eigenvalue weighted by Crippen LogP contribution is 2.04. The Kier molecular flexibility index (Phi) is 4.46. The first-order valence-corrected chi connectivity index (χ1v) is 6.42. The van der Waals surface area contributed by atoms with Crippen LogP contribution in [0.2, 0.25) is 0 Å². The molecule has 6 heteroatoms. The molecule has 0 unspecified atom stereocenters. The van der Waals surface area contributed by atoms with Crippen LogP contribution in [-0.4, -0.2) is 31.3 Å². The molecule has 0 atom stereocenters. The van der Waals surface area contributed by atoms with Crippen LogP contribution >= 0.6 is 0 Å². The van der Waals surface area contributed by atoms with Crippen molar-refractivity contribution < 1.29 is 0 Å². The maximum atomic E-state index is 5.47. The fourth-order valence-electron chi connectivity index (χ4n) is 1.83. The minimum Gasteiger partial charge on any atom is -0.330 e. The molecule has 2 heterocycles. The van der Waals surface area contributed by atoms with Crippen LogP contribution < -0.4 is 5.73 Å². The second-order valence-corrected chi connectivity index (χ2v) is 4.36.